The lowest BCUT2D eigenvalue weighted by atomic mass is 10.1. The number of sulfonamides is 1. The van der Waals surface area contributed by atoms with Crippen molar-refractivity contribution in [3.63, 3.8) is 0 Å². The van der Waals surface area contributed by atoms with Crippen LogP contribution in [0.3, 0.4) is 0 Å². The van der Waals surface area contributed by atoms with Gasteiger partial charge in [-0.15, -0.1) is 0 Å². The average Bonchev–Trinajstić information content (AvgIpc) is 2.75. The minimum atomic E-state index is -3.73. The van der Waals surface area contributed by atoms with Gasteiger partial charge in [-0.05, 0) is 50.1 Å². The Balaban J connectivity index is 2.33. The monoisotopic (exact) mass is 537 g/mol. The second-order valence-corrected chi connectivity index (χ2v) is 10.9. The van der Waals surface area contributed by atoms with Crippen LogP contribution in [0.15, 0.2) is 53.0 Å². The smallest absolute Gasteiger partial charge is 0.244 e. The molecule has 0 aliphatic rings. The van der Waals surface area contributed by atoms with Crippen molar-refractivity contribution in [2.45, 2.75) is 46.2 Å². The van der Waals surface area contributed by atoms with Gasteiger partial charge in [0.25, 0.3) is 0 Å². The number of unbranched alkanes of at least 4 members (excludes halogenated alkanes) is 1. The van der Waals surface area contributed by atoms with Crippen molar-refractivity contribution in [2.75, 3.05) is 23.7 Å². The molecular formula is C24H32BrN3O4S. The van der Waals surface area contributed by atoms with Gasteiger partial charge in [0.2, 0.25) is 21.8 Å². The van der Waals surface area contributed by atoms with Crippen LogP contribution in [0.2, 0.25) is 0 Å². The van der Waals surface area contributed by atoms with E-state index in [1.165, 1.54) is 4.90 Å². The summed E-state index contributed by atoms with van der Waals surface area (Å²) in [5.74, 6) is -0.720. The highest BCUT2D eigenvalue weighted by Crippen LogP contribution is 2.21. The summed E-state index contributed by atoms with van der Waals surface area (Å²) in [5.41, 5.74) is 2.28. The molecule has 7 nitrogen and oxygen atoms in total. The van der Waals surface area contributed by atoms with Gasteiger partial charge in [0.1, 0.15) is 12.6 Å². The van der Waals surface area contributed by atoms with E-state index in [4.69, 9.17) is 0 Å². The Kier molecular flexibility index (Phi) is 9.91. The van der Waals surface area contributed by atoms with Gasteiger partial charge < -0.3 is 10.2 Å². The third-order valence-electron chi connectivity index (χ3n) is 5.23. The normalized spacial score (nSPS) is 12.2. The first kappa shape index (κ1) is 26.9. The van der Waals surface area contributed by atoms with Gasteiger partial charge in [-0.1, -0.05) is 59.1 Å². The molecule has 0 aromatic heterocycles. The standard InChI is InChI=1S/C24H32BrN3O4S/c1-5-6-14-26-24(30)19(3)27(16-20-9-7-8-18(2)15-20)23(29)17-28(33(4,31)32)22-12-10-21(25)11-13-22/h7-13,15,19H,5-6,14,16-17H2,1-4H3,(H,26,30). The summed E-state index contributed by atoms with van der Waals surface area (Å²) in [7, 11) is -3.73. The Morgan fingerprint density at radius 3 is 2.36 bits per heavy atom. The molecule has 2 amide bonds. The van der Waals surface area contributed by atoms with E-state index in [-0.39, 0.29) is 12.5 Å². The lowest BCUT2D eigenvalue weighted by Gasteiger charge is -2.31. The molecule has 0 saturated carbocycles. The van der Waals surface area contributed by atoms with Crippen LogP contribution in [-0.4, -0.2) is 50.5 Å². The molecule has 1 atom stereocenters. The second kappa shape index (κ2) is 12.2. The molecular weight excluding hydrogens is 506 g/mol. The Labute approximate surface area is 205 Å². The van der Waals surface area contributed by atoms with Crippen molar-refractivity contribution in [1.29, 1.82) is 0 Å². The summed E-state index contributed by atoms with van der Waals surface area (Å²) in [6.07, 6.45) is 2.85. The number of aryl methyl sites for hydroxylation is 1. The van der Waals surface area contributed by atoms with Crippen LogP contribution in [0.25, 0.3) is 0 Å². The number of halogens is 1. The maximum atomic E-state index is 13.4. The van der Waals surface area contributed by atoms with Crippen molar-refractivity contribution in [3.05, 3.63) is 64.1 Å². The number of nitrogens with zero attached hydrogens (tertiary/aromatic N) is 2. The number of amides is 2. The van der Waals surface area contributed by atoms with Crippen molar-refractivity contribution in [1.82, 2.24) is 10.2 Å². The van der Waals surface area contributed by atoms with Crippen LogP contribution >= 0.6 is 15.9 Å². The fourth-order valence-electron chi connectivity index (χ4n) is 3.35. The lowest BCUT2D eigenvalue weighted by molar-refractivity contribution is -0.139. The molecule has 2 aromatic rings. The van der Waals surface area contributed by atoms with Crippen molar-refractivity contribution < 1.29 is 18.0 Å². The number of benzene rings is 2. The minimum absolute atomic E-state index is 0.195. The predicted molar refractivity (Wildman–Crippen MR) is 135 cm³/mol. The first-order valence-corrected chi connectivity index (χ1v) is 13.5. The lowest BCUT2D eigenvalue weighted by Crippen LogP contribution is -2.51. The van der Waals surface area contributed by atoms with Gasteiger partial charge >= 0.3 is 0 Å². The molecule has 1 N–H and O–H groups in total. The largest absolute Gasteiger partial charge is 0.354 e. The fourth-order valence-corrected chi connectivity index (χ4v) is 4.46. The molecule has 33 heavy (non-hydrogen) atoms. The van der Waals surface area contributed by atoms with E-state index in [0.717, 1.165) is 39.0 Å². The van der Waals surface area contributed by atoms with Gasteiger partial charge in [0, 0.05) is 17.6 Å². The zero-order chi connectivity index (χ0) is 24.6. The van der Waals surface area contributed by atoms with E-state index < -0.39 is 28.5 Å². The fraction of sp³-hybridized carbons (Fsp3) is 0.417. The topological polar surface area (TPSA) is 86.8 Å². The first-order valence-electron chi connectivity index (χ1n) is 10.9. The summed E-state index contributed by atoms with van der Waals surface area (Å²) >= 11 is 3.34. The Hall–Kier alpha value is -2.39. The molecule has 0 aliphatic carbocycles. The van der Waals surface area contributed by atoms with Gasteiger partial charge in [-0.2, -0.15) is 0 Å². The summed E-state index contributed by atoms with van der Waals surface area (Å²) in [6.45, 7) is 5.97. The molecule has 0 aliphatic heterocycles. The highest BCUT2D eigenvalue weighted by Gasteiger charge is 2.30. The molecule has 2 rings (SSSR count). The van der Waals surface area contributed by atoms with Crippen LogP contribution in [0, 0.1) is 6.92 Å². The minimum Gasteiger partial charge on any atom is -0.354 e. The van der Waals surface area contributed by atoms with Crippen LogP contribution in [0.5, 0.6) is 0 Å². The second-order valence-electron chi connectivity index (χ2n) is 8.08. The number of rotatable bonds is 11. The van der Waals surface area contributed by atoms with Gasteiger partial charge in [-0.3, -0.25) is 13.9 Å². The third-order valence-corrected chi connectivity index (χ3v) is 6.90. The predicted octanol–water partition coefficient (Wildman–Crippen LogP) is 3.86. The summed E-state index contributed by atoms with van der Waals surface area (Å²) in [5, 5.41) is 2.87. The van der Waals surface area contributed by atoms with Crippen LogP contribution in [0.1, 0.15) is 37.8 Å². The summed E-state index contributed by atoms with van der Waals surface area (Å²) in [6, 6.07) is 13.6. The van der Waals surface area contributed by atoms with Crippen LogP contribution in [0.4, 0.5) is 5.69 Å². The highest BCUT2D eigenvalue weighted by molar-refractivity contribution is 9.10. The maximum Gasteiger partial charge on any atom is 0.244 e. The van der Waals surface area contributed by atoms with Crippen LogP contribution in [-0.2, 0) is 26.2 Å². The van der Waals surface area contributed by atoms with E-state index in [2.05, 4.69) is 21.2 Å². The van der Waals surface area contributed by atoms with Crippen LogP contribution < -0.4 is 9.62 Å². The molecule has 180 valence electrons. The number of anilines is 1. The number of hydrogen-bond donors (Lipinski definition) is 1. The Morgan fingerprint density at radius 1 is 1.12 bits per heavy atom. The van der Waals surface area contributed by atoms with E-state index in [9.17, 15) is 18.0 Å². The zero-order valence-electron chi connectivity index (χ0n) is 19.5. The number of hydrogen-bond acceptors (Lipinski definition) is 4. The molecule has 0 fully saturated rings. The number of carbonyl (C=O) groups excluding carboxylic acids is 2. The third kappa shape index (κ3) is 8.16. The Bertz CT molecular complexity index is 1060. The molecule has 0 spiro atoms. The van der Waals surface area contributed by atoms with E-state index in [1.807, 2.05) is 38.1 Å². The molecule has 9 heteroatoms. The van der Waals surface area contributed by atoms with Gasteiger partial charge in [0.15, 0.2) is 0 Å². The molecule has 0 bridgehead atoms. The van der Waals surface area contributed by atoms with Crippen molar-refractivity contribution >= 4 is 43.5 Å². The quantitative estimate of drug-likeness (QED) is 0.441. The van der Waals surface area contributed by atoms with Gasteiger partial charge in [-0.25, -0.2) is 8.42 Å². The Morgan fingerprint density at radius 2 is 1.79 bits per heavy atom. The van der Waals surface area contributed by atoms with Crippen molar-refractivity contribution in [3.8, 4) is 0 Å². The van der Waals surface area contributed by atoms with Crippen molar-refractivity contribution in [2.24, 2.45) is 0 Å². The zero-order valence-corrected chi connectivity index (χ0v) is 21.9. The molecule has 2 aromatic carbocycles. The SMILES string of the molecule is CCCCNC(=O)C(C)N(Cc1cccc(C)c1)C(=O)CN(c1ccc(Br)cc1)S(C)(=O)=O. The average molecular weight is 539 g/mol. The molecule has 0 heterocycles. The van der Waals surface area contributed by atoms with E-state index in [0.29, 0.717) is 12.2 Å². The highest BCUT2D eigenvalue weighted by atomic mass is 79.9. The summed E-state index contributed by atoms with van der Waals surface area (Å²) in [4.78, 5) is 27.6. The van der Waals surface area contributed by atoms with Gasteiger partial charge in [0.05, 0.1) is 11.9 Å². The first-order chi connectivity index (χ1) is 15.5. The molecule has 0 radical (unpaired) electrons. The number of carbonyl (C=O) groups is 2. The maximum absolute atomic E-state index is 13.4. The summed E-state index contributed by atoms with van der Waals surface area (Å²) < 4.78 is 26.9. The number of nitrogens with one attached hydrogen (secondary N) is 1. The molecule has 1 unspecified atom stereocenters. The van der Waals surface area contributed by atoms with E-state index in [1.54, 1.807) is 31.2 Å². The van der Waals surface area contributed by atoms with E-state index >= 15 is 0 Å². The molecule has 0 saturated heterocycles.